The van der Waals surface area contributed by atoms with Crippen molar-refractivity contribution in [1.29, 1.82) is 0 Å². The van der Waals surface area contributed by atoms with E-state index in [1.165, 1.54) is 6.07 Å². The number of oxazole rings is 1. The highest BCUT2D eigenvalue weighted by molar-refractivity contribution is 7.89. The van der Waals surface area contributed by atoms with Crippen molar-refractivity contribution in [3.8, 4) is 28.3 Å². The van der Waals surface area contributed by atoms with Crippen molar-refractivity contribution < 1.29 is 27.6 Å². The summed E-state index contributed by atoms with van der Waals surface area (Å²) in [5, 5.41) is 16.0. The number of hydrogen-bond acceptors (Lipinski definition) is 7. The summed E-state index contributed by atoms with van der Waals surface area (Å²) in [4.78, 5) is 16.1. The molecule has 3 aromatic rings. The largest absolute Gasteiger partial charge is 0.497 e. The predicted octanol–water partition coefficient (Wildman–Crippen LogP) is 3.46. The molecule has 2 amide bonds. The van der Waals surface area contributed by atoms with Gasteiger partial charge in [-0.1, -0.05) is 18.6 Å². The van der Waals surface area contributed by atoms with Crippen molar-refractivity contribution in [3.05, 3.63) is 54.4 Å². The second kappa shape index (κ2) is 9.45. The first-order chi connectivity index (χ1) is 16.2. The number of aromatic nitrogens is 1. The third kappa shape index (κ3) is 4.76. The molecule has 2 unspecified atom stereocenters. The highest BCUT2D eigenvalue weighted by atomic mass is 32.2. The Labute approximate surface area is 197 Å². The van der Waals surface area contributed by atoms with E-state index >= 15 is 0 Å². The highest BCUT2D eigenvalue weighted by Crippen LogP contribution is 2.41. The van der Waals surface area contributed by atoms with Crippen LogP contribution in [0.25, 0.3) is 22.6 Å². The van der Waals surface area contributed by atoms with Gasteiger partial charge < -0.3 is 14.9 Å². The molecule has 2 aromatic carbocycles. The SMILES string of the molecule is COc1ccc(-c2nc(C3CCCC(N(O)C(N)=O)C3)oc2-c2ccccc2S(N)(=O)=O)cc1. The van der Waals surface area contributed by atoms with Crippen LogP contribution in [0.3, 0.4) is 0 Å². The fourth-order valence-corrected chi connectivity index (χ4v) is 5.07. The number of carbonyl (C=O) groups excluding carboxylic acids is 1. The van der Waals surface area contributed by atoms with E-state index in [-0.39, 0.29) is 16.6 Å². The summed E-state index contributed by atoms with van der Waals surface area (Å²) in [6.45, 7) is 0. The van der Waals surface area contributed by atoms with Crippen molar-refractivity contribution in [3.63, 3.8) is 0 Å². The summed E-state index contributed by atoms with van der Waals surface area (Å²) >= 11 is 0. The Hall–Kier alpha value is -3.41. The molecule has 11 heteroatoms. The highest BCUT2D eigenvalue weighted by Gasteiger charge is 2.33. The van der Waals surface area contributed by atoms with Crippen LogP contribution in [0.4, 0.5) is 4.79 Å². The topological polar surface area (TPSA) is 162 Å². The van der Waals surface area contributed by atoms with Gasteiger partial charge in [-0.3, -0.25) is 5.21 Å². The van der Waals surface area contributed by atoms with Crippen molar-refractivity contribution in [2.24, 2.45) is 10.9 Å². The number of methoxy groups -OCH3 is 1. The zero-order valence-electron chi connectivity index (χ0n) is 18.5. The predicted molar refractivity (Wildman–Crippen MR) is 124 cm³/mol. The molecular formula is C23H26N4O6S. The molecule has 1 saturated carbocycles. The number of benzene rings is 2. The van der Waals surface area contributed by atoms with Gasteiger partial charge in [0.05, 0.1) is 18.0 Å². The van der Waals surface area contributed by atoms with Gasteiger partial charge in [0.25, 0.3) is 0 Å². The van der Waals surface area contributed by atoms with Crippen LogP contribution >= 0.6 is 0 Å². The van der Waals surface area contributed by atoms with Gasteiger partial charge in [-0.25, -0.2) is 28.4 Å². The van der Waals surface area contributed by atoms with Crippen LogP contribution in [-0.2, 0) is 10.0 Å². The van der Waals surface area contributed by atoms with E-state index in [2.05, 4.69) is 0 Å². The van der Waals surface area contributed by atoms with Crippen LogP contribution < -0.4 is 15.6 Å². The number of hydrogen-bond donors (Lipinski definition) is 3. The number of nitrogens with two attached hydrogens (primary N) is 2. The second-order valence-electron chi connectivity index (χ2n) is 8.20. The Bertz CT molecular complexity index is 1290. The van der Waals surface area contributed by atoms with E-state index < -0.39 is 22.1 Å². The Morgan fingerprint density at radius 1 is 1.18 bits per heavy atom. The number of amides is 2. The van der Waals surface area contributed by atoms with Gasteiger partial charge in [-0.05, 0) is 55.7 Å². The van der Waals surface area contributed by atoms with Gasteiger partial charge in [-0.2, -0.15) is 0 Å². The molecule has 1 aliphatic rings. The van der Waals surface area contributed by atoms with Crippen LogP contribution in [0.15, 0.2) is 57.8 Å². The first-order valence-corrected chi connectivity index (χ1v) is 12.3. The van der Waals surface area contributed by atoms with Crippen LogP contribution in [0.1, 0.15) is 37.5 Å². The van der Waals surface area contributed by atoms with E-state index in [9.17, 15) is 18.4 Å². The minimum atomic E-state index is -4.04. The molecule has 180 valence electrons. The Morgan fingerprint density at radius 3 is 2.53 bits per heavy atom. The average molecular weight is 487 g/mol. The molecule has 1 heterocycles. The zero-order valence-corrected chi connectivity index (χ0v) is 19.4. The van der Waals surface area contributed by atoms with Crippen molar-refractivity contribution in [2.45, 2.75) is 42.5 Å². The number of hydroxylamine groups is 2. The second-order valence-corrected chi connectivity index (χ2v) is 9.73. The van der Waals surface area contributed by atoms with Crippen LogP contribution in [-0.4, -0.2) is 42.9 Å². The van der Waals surface area contributed by atoms with Gasteiger partial charge in [0.2, 0.25) is 10.0 Å². The van der Waals surface area contributed by atoms with Gasteiger partial charge >= 0.3 is 6.03 Å². The van der Waals surface area contributed by atoms with Crippen LogP contribution in [0, 0.1) is 0 Å². The fraction of sp³-hybridized carbons (Fsp3) is 0.304. The molecule has 2 atom stereocenters. The minimum Gasteiger partial charge on any atom is -0.497 e. The molecule has 1 fully saturated rings. The quantitative estimate of drug-likeness (QED) is 0.355. The first kappa shape index (κ1) is 23.7. The molecule has 0 spiro atoms. The number of primary amides is 1. The minimum absolute atomic E-state index is 0.0794. The van der Waals surface area contributed by atoms with Crippen molar-refractivity contribution >= 4 is 16.1 Å². The number of urea groups is 1. The van der Waals surface area contributed by atoms with E-state index in [0.29, 0.717) is 46.4 Å². The number of carbonyl (C=O) groups is 1. The Kier molecular flexibility index (Phi) is 6.60. The maximum absolute atomic E-state index is 12.3. The van der Waals surface area contributed by atoms with E-state index in [1.54, 1.807) is 49.6 Å². The summed E-state index contributed by atoms with van der Waals surface area (Å²) < 4.78 is 36.0. The molecule has 5 N–H and O–H groups in total. The molecule has 10 nitrogen and oxygen atoms in total. The lowest BCUT2D eigenvalue weighted by atomic mass is 9.85. The molecule has 1 aliphatic carbocycles. The third-order valence-corrected chi connectivity index (χ3v) is 6.98. The van der Waals surface area contributed by atoms with Crippen molar-refractivity contribution in [2.75, 3.05) is 7.11 Å². The first-order valence-electron chi connectivity index (χ1n) is 10.7. The molecule has 4 rings (SSSR count). The summed E-state index contributed by atoms with van der Waals surface area (Å²) in [7, 11) is -2.47. The van der Waals surface area contributed by atoms with Crippen LogP contribution in [0.2, 0.25) is 0 Å². The molecular weight excluding hydrogens is 460 g/mol. The summed E-state index contributed by atoms with van der Waals surface area (Å²) in [5.74, 6) is 1.10. The smallest absolute Gasteiger partial charge is 0.338 e. The number of nitrogens with zero attached hydrogens (tertiary/aromatic N) is 2. The maximum atomic E-state index is 12.3. The number of rotatable bonds is 6. The maximum Gasteiger partial charge on any atom is 0.338 e. The molecule has 1 aromatic heterocycles. The van der Waals surface area contributed by atoms with Gasteiger partial charge in [0.1, 0.15) is 11.4 Å². The normalized spacial score (nSPS) is 18.4. The number of ether oxygens (including phenoxy) is 1. The number of primary sulfonamides is 1. The summed E-state index contributed by atoms with van der Waals surface area (Å²) in [6, 6.07) is 12.1. The van der Waals surface area contributed by atoms with Crippen LogP contribution in [0.5, 0.6) is 5.75 Å². The standard InChI is InChI=1S/C23H26N4O6S/c1-32-17-11-9-14(10-12-17)20-21(18-7-2-3-8-19(18)34(25,30)31)33-22(26-20)15-5-4-6-16(13-15)27(29)23(24)28/h2-3,7-12,15-16,29H,4-6,13H2,1H3,(H2,24,28)(H2,25,30,31). The van der Waals surface area contributed by atoms with Gasteiger partial charge in [0.15, 0.2) is 11.7 Å². The molecule has 0 aliphatic heterocycles. The fourth-order valence-electron chi connectivity index (χ4n) is 4.33. The Balaban J connectivity index is 1.82. The third-order valence-electron chi connectivity index (χ3n) is 6.01. The summed E-state index contributed by atoms with van der Waals surface area (Å²) in [6.07, 6.45) is 2.45. The molecule has 0 bridgehead atoms. The van der Waals surface area contributed by atoms with Crippen molar-refractivity contribution in [1.82, 2.24) is 10.0 Å². The zero-order chi connectivity index (χ0) is 24.5. The number of sulfonamides is 1. The lowest BCUT2D eigenvalue weighted by Crippen LogP contribution is -2.43. The molecule has 0 saturated heterocycles. The molecule has 0 radical (unpaired) electrons. The lowest BCUT2D eigenvalue weighted by Gasteiger charge is -2.31. The van der Waals surface area contributed by atoms with E-state index in [0.717, 1.165) is 12.8 Å². The summed E-state index contributed by atoms with van der Waals surface area (Å²) in [5.41, 5.74) is 6.67. The monoisotopic (exact) mass is 486 g/mol. The van der Waals surface area contributed by atoms with E-state index in [4.69, 9.17) is 25.0 Å². The average Bonchev–Trinajstić information content (AvgIpc) is 3.28. The van der Waals surface area contributed by atoms with Gasteiger partial charge in [0, 0.05) is 17.0 Å². The molecule has 34 heavy (non-hydrogen) atoms. The Morgan fingerprint density at radius 2 is 1.88 bits per heavy atom. The van der Waals surface area contributed by atoms with E-state index in [1.807, 2.05) is 0 Å². The lowest BCUT2D eigenvalue weighted by molar-refractivity contribution is -0.0865. The van der Waals surface area contributed by atoms with Gasteiger partial charge in [-0.15, -0.1) is 0 Å².